The molecule has 1 saturated heterocycles. The summed E-state index contributed by atoms with van der Waals surface area (Å²) in [5, 5.41) is 0. The van der Waals surface area contributed by atoms with Gasteiger partial charge in [-0.05, 0) is 11.6 Å². The summed E-state index contributed by atoms with van der Waals surface area (Å²) in [5.74, 6) is 1.70. The van der Waals surface area contributed by atoms with Gasteiger partial charge in [0.2, 0.25) is 0 Å². The van der Waals surface area contributed by atoms with Gasteiger partial charge >= 0.3 is 0 Å². The maximum atomic E-state index is 5.28. The van der Waals surface area contributed by atoms with Crippen LogP contribution in [0.3, 0.4) is 0 Å². The van der Waals surface area contributed by atoms with Crippen LogP contribution in [0.4, 0.5) is 0 Å². The van der Waals surface area contributed by atoms with E-state index >= 15 is 0 Å². The Labute approximate surface area is 83.6 Å². The first-order valence-corrected chi connectivity index (χ1v) is 4.66. The second-order valence-corrected chi connectivity index (χ2v) is 3.34. The average molecular weight is 194 g/mol. The van der Waals surface area contributed by atoms with Crippen molar-refractivity contribution in [1.29, 1.82) is 0 Å². The van der Waals surface area contributed by atoms with Crippen LogP contribution in [0.15, 0.2) is 18.2 Å². The van der Waals surface area contributed by atoms with Gasteiger partial charge in [-0.1, -0.05) is 6.07 Å². The monoisotopic (exact) mass is 194 g/mol. The lowest BCUT2D eigenvalue weighted by molar-refractivity contribution is 0.382. The molecule has 3 heteroatoms. The molecule has 1 atom stereocenters. The lowest BCUT2D eigenvalue weighted by Crippen LogP contribution is -1.97. The third-order valence-electron chi connectivity index (χ3n) is 2.34. The van der Waals surface area contributed by atoms with Gasteiger partial charge in [0, 0.05) is 12.5 Å². The fraction of sp³-hybridized carbons (Fsp3) is 0.455. The van der Waals surface area contributed by atoms with Crippen LogP contribution < -0.4 is 9.47 Å². The highest BCUT2D eigenvalue weighted by atomic mass is 16.6. The lowest BCUT2D eigenvalue weighted by atomic mass is 10.1. The molecule has 0 aromatic heterocycles. The molecule has 0 aliphatic carbocycles. The Hall–Kier alpha value is -1.22. The molecular formula is C11H14O3. The fourth-order valence-corrected chi connectivity index (χ4v) is 1.45. The summed E-state index contributed by atoms with van der Waals surface area (Å²) in [6.07, 6.45) is 1.31. The van der Waals surface area contributed by atoms with E-state index in [1.807, 2.05) is 18.2 Å². The maximum absolute atomic E-state index is 5.28. The van der Waals surface area contributed by atoms with Gasteiger partial charge in [0.05, 0.1) is 26.9 Å². The molecule has 0 saturated carbocycles. The zero-order valence-electron chi connectivity index (χ0n) is 8.45. The Kier molecular flexibility index (Phi) is 2.59. The first-order valence-electron chi connectivity index (χ1n) is 4.66. The standard InChI is InChI=1S/C11H14O3/c1-12-9-4-3-8(5-10-7-14-10)11(6-9)13-2/h3-4,6,10H,5,7H2,1-2H3. The van der Waals surface area contributed by atoms with Crippen molar-refractivity contribution >= 4 is 0 Å². The molecule has 1 fully saturated rings. The van der Waals surface area contributed by atoms with Gasteiger partial charge in [0.1, 0.15) is 11.5 Å². The molecular weight excluding hydrogens is 180 g/mol. The summed E-state index contributed by atoms with van der Waals surface area (Å²) in [5.41, 5.74) is 1.18. The third kappa shape index (κ3) is 1.99. The van der Waals surface area contributed by atoms with Crippen LogP contribution in [0.2, 0.25) is 0 Å². The quantitative estimate of drug-likeness (QED) is 0.683. The SMILES string of the molecule is COc1ccc(CC2CO2)c(OC)c1. The zero-order valence-corrected chi connectivity index (χ0v) is 8.45. The number of ether oxygens (including phenoxy) is 3. The second kappa shape index (κ2) is 3.88. The van der Waals surface area contributed by atoms with Crippen molar-refractivity contribution in [3.63, 3.8) is 0 Å². The highest BCUT2D eigenvalue weighted by Gasteiger charge is 2.24. The van der Waals surface area contributed by atoms with E-state index in [-0.39, 0.29) is 0 Å². The van der Waals surface area contributed by atoms with E-state index in [1.165, 1.54) is 5.56 Å². The van der Waals surface area contributed by atoms with Crippen molar-refractivity contribution in [2.75, 3.05) is 20.8 Å². The first-order chi connectivity index (χ1) is 6.83. The molecule has 3 nitrogen and oxygen atoms in total. The molecule has 0 bridgehead atoms. The molecule has 0 radical (unpaired) electrons. The van der Waals surface area contributed by atoms with E-state index in [0.717, 1.165) is 24.5 Å². The predicted octanol–water partition coefficient (Wildman–Crippen LogP) is 1.65. The van der Waals surface area contributed by atoms with E-state index < -0.39 is 0 Å². The lowest BCUT2D eigenvalue weighted by Gasteiger charge is -2.08. The molecule has 1 heterocycles. The molecule has 14 heavy (non-hydrogen) atoms. The topological polar surface area (TPSA) is 31.0 Å². The summed E-state index contributed by atoms with van der Waals surface area (Å²) in [6.45, 7) is 0.870. The molecule has 1 aliphatic rings. The van der Waals surface area contributed by atoms with Gasteiger partial charge in [-0.15, -0.1) is 0 Å². The van der Waals surface area contributed by atoms with Gasteiger partial charge in [0.15, 0.2) is 0 Å². The van der Waals surface area contributed by atoms with Crippen LogP contribution in [-0.4, -0.2) is 26.9 Å². The molecule has 0 spiro atoms. The minimum atomic E-state index is 0.386. The van der Waals surface area contributed by atoms with Gasteiger partial charge in [-0.25, -0.2) is 0 Å². The molecule has 1 aromatic rings. The van der Waals surface area contributed by atoms with E-state index in [0.29, 0.717) is 6.10 Å². The number of epoxide rings is 1. The number of hydrogen-bond donors (Lipinski definition) is 0. The van der Waals surface area contributed by atoms with E-state index in [2.05, 4.69) is 0 Å². The molecule has 2 rings (SSSR count). The van der Waals surface area contributed by atoms with Crippen molar-refractivity contribution < 1.29 is 14.2 Å². The summed E-state index contributed by atoms with van der Waals surface area (Å²) < 4.78 is 15.6. The number of methoxy groups -OCH3 is 2. The van der Waals surface area contributed by atoms with Gasteiger partial charge in [0.25, 0.3) is 0 Å². The number of rotatable bonds is 4. The molecule has 1 aliphatic heterocycles. The number of benzene rings is 1. The van der Waals surface area contributed by atoms with Crippen molar-refractivity contribution in [2.45, 2.75) is 12.5 Å². The minimum Gasteiger partial charge on any atom is -0.497 e. The van der Waals surface area contributed by atoms with Crippen LogP contribution in [0.25, 0.3) is 0 Å². The maximum Gasteiger partial charge on any atom is 0.125 e. The van der Waals surface area contributed by atoms with Gasteiger partial charge in [-0.3, -0.25) is 0 Å². The van der Waals surface area contributed by atoms with Crippen LogP contribution >= 0.6 is 0 Å². The summed E-state index contributed by atoms with van der Waals surface area (Å²) in [4.78, 5) is 0. The van der Waals surface area contributed by atoms with E-state index in [9.17, 15) is 0 Å². The van der Waals surface area contributed by atoms with Crippen LogP contribution in [0.5, 0.6) is 11.5 Å². The van der Waals surface area contributed by atoms with Gasteiger partial charge in [-0.2, -0.15) is 0 Å². The van der Waals surface area contributed by atoms with Crippen molar-refractivity contribution in [3.05, 3.63) is 23.8 Å². The van der Waals surface area contributed by atoms with Crippen molar-refractivity contribution in [3.8, 4) is 11.5 Å². The van der Waals surface area contributed by atoms with Crippen LogP contribution in [0.1, 0.15) is 5.56 Å². The van der Waals surface area contributed by atoms with Crippen molar-refractivity contribution in [1.82, 2.24) is 0 Å². The summed E-state index contributed by atoms with van der Waals surface area (Å²) in [6, 6.07) is 5.87. The van der Waals surface area contributed by atoms with Crippen LogP contribution in [0, 0.1) is 0 Å². The third-order valence-corrected chi connectivity index (χ3v) is 2.34. The minimum absolute atomic E-state index is 0.386. The molecule has 0 amide bonds. The average Bonchev–Trinajstić information content (AvgIpc) is 3.02. The largest absolute Gasteiger partial charge is 0.497 e. The van der Waals surface area contributed by atoms with E-state index in [4.69, 9.17) is 14.2 Å². The molecule has 1 aromatic carbocycles. The smallest absolute Gasteiger partial charge is 0.125 e. The summed E-state index contributed by atoms with van der Waals surface area (Å²) >= 11 is 0. The van der Waals surface area contributed by atoms with Gasteiger partial charge < -0.3 is 14.2 Å². The first kappa shape index (κ1) is 9.34. The Balaban J connectivity index is 2.19. The summed E-state index contributed by atoms with van der Waals surface area (Å²) in [7, 11) is 3.32. The Morgan fingerprint density at radius 2 is 2.14 bits per heavy atom. The van der Waals surface area contributed by atoms with Crippen LogP contribution in [-0.2, 0) is 11.2 Å². The Bertz CT molecular complexity index is 318. The molecule has 1 unspecified atom stereocenters. The normalized spacial score (nSPS) is 19.1. The zero-order chi connectivity index (χ0) is 9.97. The Morgan fingerprint density at radius 1 is 1.36 bits per heavy atom. The molecule has 0 N–H and O–H groups in total. The highest BCUT2D eigenvalue weighted by molar-refractivity contribution is 5.41. The van der Waals surface area contributed by atoms with Crippen molar-refractivity contribution in [2.24, 2.45) is 0 Å². The second-order valence-electron chi connectivity index (χ2n) is 3.34. The predicted molar refractivity (Wildman–Crippen MR) is 53.0 cm³/mol. The molecule has 76 valence electrons. The van der Waals surface area contributed by atoms with E-state index in [1.54, 1.807) is 14.2 Å². The Morgan fingerprint density at radius 3 is 2.71 bits per heavy atom. The number of hydrogen-bond acceptors (Lipinski definition) is 3. The highest BCUT2D eigenvalue weighted by Crippen LogP contribution is 2.28. The fourth-order valence-electron chi connectivity index (χ4n) is 1.45.